The minimum Gasteiger partial charge on any atom is -0.481 e. The van der Waals surface area contributed by atoms with Gasteiger partial charge in [0.1, 0.15) is 0 Å². The second-order valence-corrected chi connectivity index (χ2v) is 2.83. The van der Waals surface area contributed by atoms with Gasteiger partial charge in [0.15, 0.2) is 0 Å². The van der Waals surface area contributed by atoms with E-state index in [-0.39, 0.29) is 6.42 Å². The van der Waals surface area contributed by atoms with Crippen molar-refractivity contribution < 1.29 is 9.90 Å². The molecule has 0 bridgehead atoms. The van der Waals surface area contributed by atoms with Crippen LogP contribution in [0.4, 0.5) is 0 Å². The van der Waals surface area contributed by atoms with E-state index in [0.717, 1.165) is 0 Å². The highest BCUT2D eigenvalue weighted by molar-refractivity contribution is 5.66. The number of hydrogen-bond donors (Lipinski definition) is 1. The summed E-state index contributed by atoms with van der Waals surface area (Å²) in [6.45, 7) is 12.0. The molecule has 92 valence electrons. The van der Waals surface area contributed by atoms with Crippen molar-refractivity contribution in [2.75, 3.05) is 0 Å². The first-order valence-electron chi connectivity index (χ1n) is 5.25. The molecule has 17 heavy (non-hydrogen) atoms. The largest absolute Gasteiger partial charge is 0.481 e. The Kier molecular flexibility index (Phi) is 14.2. The fourth-order valence-electron chi connectivity index (χ4n) is 0.589. The summed E-state index contributed by atoms with van der Waals surface area (Å²) in [6.07, 6.45) is 5.33. The molecule has 0 aliphatic rings. The summed E-state index contributed by atoms with van der Waals surface area (Å²) in [7, 11) is 0. The number of carbonyl (C=O) groups is 1. The van der Waals surface area contributed by atoms with Crippen LogP contribution in [0, 0.1) is 0 Å². The first kappa shape index (κ1) is 17.3. The van der Waals surface area contributed by atoms with Crippen LogP contribution in [0.5, 0.6) is 0 Å². The van der Waals surface area contributed by atoms with Crippen LogP contribution in [0.15, 0.2) is 62.2 Å². The van der Waals surface area contributed by atoms with E-state index in [9.17, 15) is 4.79 Å². The average Bonchev–Trinajstić information content (AvgIpc) is 2.40. The standard InChI is InChI=1S/C8H8.C4H6.C3H6O2/c1-2-8-6-4-3-5-7-8;1-3-4-2;1-2-3(4)5/h2-7H,1H2;3-4H,1-2H2;2H2,1H3,(H,4,5). The molecule has 1 N–H and O–H groups in total. The zero-order chi connectivity index (χ0) is 13.5. The number of carboxylic acid groups (broad SMARTS) is 1. The quantitative estimate of drug-likeness (QED) is 0.794. The lowest BCUT2D eigenvalue weighted by Gasteiger charge is -1.85. The van der Waals surface area contributed by atoms with E-state index in [1.807, 2.05) is 36.4 Å². The predicted molar refractivity (Wildman–Crippen MR) is 74.9 cm³/mol. The third-order valence-corrected chi connectivity index (χ3v) is 1.50. The van der Waals surface area contributed by atoms with E-state index in [0.29, 0.717) is 0 Å². The van der Waals surface area contributed by atoms with E-state index < -0.39 is 5.97 Å². The van der Waals surface area contributed by atoms with Gasteiger partial charge in [-0.05, 0) is 5.56 Å². The summed E-state index contributed by atoms with van der Waals surface area (Å²) in [5.74, 6) is -0.745. The monoisotopic (exact) mass is 232 g/mol. The third-order valence-electron chi connectivity index (χ3n) is 1.50. The van der Waals surface area contributed by atoms with Gasteiger partial charge in [0.2, 0.25) is 0 Å². The molecule has 0 spiro atoms. The second-order valence-electron chi connectivity index (χ2n) is 2.83. The molecular weight excluding hydrogens is 212 g/mol. The fraction of sp³-hybridized carbons (Fsp3) is 0.133. The van der Waals surface area contributed by atoms with Crippen LogP contribution in [0.3, 0.4) is 0 Å². The first-order valence-corrected chi connectivity index (χ1v) is 5.25. The molecule has 2 nitrogen and oxygen atoms in total. The molecule has 0 aromatic heterocycles. The van der Waals surface area contributed by atoms with Gasteiger partial charge in [-0.2, -0.15) is 0 Å². The van der Waals surface area contributed by atoms with Crippen molar-refractivity contribution >= 4 is 12.0 Å². The highest BCUT2D eigenvalue weighted by atomic mass is 16.4. The lowest BCUT2D eigenvalue weighted by atomic mass is 10.2. The van der Waals surface area contributed by atoms with E-state index in [1.54, 1.807) is 19.1 Å². The van der Waals surface area contributed by atoms with E-state index in [4.69, 9.17) is 5.11 Å². The molecule has 0 unspecified atom stereocenters. The van der Waals surface area contributed by atoms with Crippen LogP contribution in [-0.2, 0) is 4.79 Å². The summed E-state index contributed by atoms with van der Waals surface area (Å²) in [6, 6.07) is 10.0. The lowest BCUT2D eigenvalue weighted by Crippen LogP contribution is -1.86. The maximum atomic E-state index is 9.37. The maximum absolute atomic E-state index is 9.37. The number of hydrogen-bond acceptors (Lipinski definition) is 1. The van der Waals surface area contributed by atoms with E-state index in [1.165, 1.54) is 5.56 Å². The number of allylic oxidation sites excluding steroid dienone is 2. The van der Waals surface area contributed by atoms with Gasteiger partial charge in [0.25, 0.3) is 0 Å². The van der Waals surface area contributed by atoms with Crippen molar-refractivity contribution in [1.29, 1.82) is 0 Å². The molecule has 2 heteroatoms. The Hall–Kier alpha value is -2.09. The minimum absolute atomic E-state index is 0.222. The molecule has 0 amide bonds. The van der Waals surface area contributed by atoms with Gasteiger partial charge in [-0.1, -0.05) is 75.2 Å². The molecule has 0 saturated carbocycles. The van der Waals surface area contributed by atoms with Crippen molar-refractivity contribution in [3.05, 3.63) is 67.8 Å². The van der Waals surface area contributed by atoms with Crippen LogP contribution >= 0.6 is 0 Å². The Morgan fingerprint density at radius 1 is 1.18 bits per heavy atom. The van der Waals surface area contributed by atoms with Crippen LogP contribution in [0.2, 0.25) is 0 Å². The topological polar surface area (TPSA) is 37.3 Å². The van der Waals surface area contributed by atoms with Crippen molar-refractivity contribution in [1.82, 2.24) is 0 Å². The van der Waals surface area contributed by atoms with Crippen molar-refractivity contribution in [2.24, 2.45) is 0 Å². The van der Waals surface area contributed by atoms with Crippen LogP contribution in [0.25, 0.3) is 6.08 Å². The number of carboxylic acids is 1. The van der Waals surface area contributed by atoms with Gasteiger partial charge < -0.3 is 5.11 Å². The number of rotatable bonds is 3. The van der Waals surface area contributed by atoms with Crippen molar-refractivity contribution in [3.8, 4) is 0 Å². The van der Waals surface area contributed by atoms with Gasteiger partial charge in [-0.25, -0.2) is 0 Å². The Morgan fingerprint density at radius 2 is 1.59 bits per heavy atom. The fourth-order valence-corrected chi connectivity index (χ4v) is 0.589. The zero-order valence-corrected chi connectivity index (χ0v) is 10.3. The minimum atomic E-state index is -0.745. The first-order chi connectivity index (χ1) is 8.12. The summed E-state index contributed by atoms with van der Waals surface area (Å²) >= 11 is 0. The molecule has 1 aromatic rings. The number of aliphatic carboxylic acids is 1. The molecule has 1 aromatic carbocycles. The summed E-state index contributed by atoms with van der Waals surface area (Å²) in [4.78, 5) is 9.37. The average molecular weight is 232 g/mol. The lowest BCUT2D eigenvalue weighted by molar-refractivity contribution is -0.136. The van der Waals surface area contributed by atoms with Crippen molar-refractivity contribution in [2.45, 2.75) is 13.3 Å². The molecule has 0 atom stereocenters. The zero-order valence-electron chi connectivity index (χ0n) is 10.3. The highest BCUT2D eigenvalue weighted by Gasteiger charge is 1.80. The number of benzene rings is 1. The Labute approximate surface area is 104 Å². The predicted octanol–water partition coefficient (Wildman–Crippen LogP) is 4.17. The van der Waals surface area contributed by atoms with Gasteiger partial charge >= 0.3 is 5.97 Å². The van der Waals surface area contributed by atoms with E-state index in [2.05, 4.69) is 19.7 Å². The Balaban J connectivity index is 0. The second kappa shape index (κ2) is 13.9. The summed E-state index contributed by atoms with van der Waals surface area (Å²) < 4.78 is 0. The van der Waals surface area contributed by atoms with Gasteiger partial charge in [0.05, 0.1) is 0 Å². The normalized spacial score (nSPS) is 7.35. The molecule has 0 radical (unpaired) electrons. The van der Waals surface area contributed by atoms with Gasteiger partial charge in [-0.15, -0.1) is 0 Å². The van der Waals surface area contributed by atoms with Gasteiger partial charge in [-0.3, -0.25) is 4.79 Å². The third kappa shape index (κ3) is 16.6. The molecular formula is C15H20O2. The summed E-state index contributed by atoms with van der Waals surface area (Å²) in [5, 5.41) is 7.72. The molecule has 0 saturated heterocycles. The molecule has 1 rings (SSSR count). The van der Waals surface area contributed by atoms with Gasteiger partial charge in [0, 0.05) is 6.42 Å². The summed E-state index contributed by atoms with van der Waals surface area (Å²) in [5.41, 5.74) is 1.17. The molecule has 0 aliphatic heterocycles. The molecule has 0 heterocycles. The van der Waals surface area contributed by atoms with Crippen LogP contribution < -0.4 is 0 Å². The van der Waals surface area contributed by atoms with E-state index >= 15 is 0 Å². The van der Waals surface area contributed by atoms with Crippen LogP contribution in [0.1, 0.15) is 18.9 Å². The Bertz CT molecular complexity index is 320. The molecule has 0 aliphatic carbocycles. The highest BCUT2D eigenvalue weighted by Crippen LogP contribution is 1.97. The SMILES string of the molecule is C=CC=C.C=Cc1ccccc1.CCC(=O)O. The van der Waals surface area contributed by atoms with Crippen LogP contribution in [-0.4, -0.2) is 11.1 Å². The maximum Gasteiger partial charge on any atom is 0.303 e. The smallest absolute Gasteiger partial charge is 0.303 e. The van der Waals surface area contributed by atoms with Crippen molar-refractivity contribution in [3.63, 3.8) is 0 Å². The molecule has 0 fully saturated rings. The Morgan fingerprint density at radius 3 is 1.76 bits per heavy atom.